The summed E-state index contributed by atoms with van der Waals surface area (Å²) in [5.74, 6) is -0.944. The highest BCUT2D eigenvalue weighted by atomic mass is 19.2. The van der Waals surface area contributed by atoms with Crippen LogP contribution in [0.5, 0.6) is 5.75 Å². The molecule has 2 amide bonds. The Kier molecular flexibility index (Phi) is 5.55. The van der Waals surface area contributed by atoms with Gasteiger partial charge in [-0.25, -0.2) is 13.6 Å². The number of piperazine rings is 1. The van der Waals surface area contributed by atoms with Crippen molar-refractivity contribution in [2.45, 2.75) is 6.54 Å². The summed E-state index contributed by atoms with van der Waals surface area (Å²) >= 11 is 0. The molecule has 2 aromatic rings. The fourth-order valence-electron chi connectivity index (χ4n) is 2.88. The summed E-state index contributed by atoms with van der Waals surface area (Å²) in [5, 5.41) is 2.90. The molecule has 5 nitrogen and oxygen atoms in total. The zero-order valence-electron chi connectivity index (χ0n) is 14.5. The lowest BCUT2D eigenvalue weighted by Crippen LogP contribution is -2.51. The number of rotatable bonds is 4. The smallest absolute Gasteiger partial charge is 0.317 e. The molecule has 0 radical (unpaired) electrons. The lowest BCUT2D eigenvalue weighted by molar-refractivity contribution is 0.194. The molecule has 0 atom stereocenters. The fourth-order valence-corrected chi connectivity index (χ4v) is 2.88. The van der Waals surface area contributed by atoms with Gasteiger partial charge in [0.1, 0.15) is 5.75 Å². The van der Waals surface area contributed by atoms with E-state index < -0.39 is 11.6 Å². The van der Waals surface area contributed by atoms with Crippen LogP contribution in [0.15, 0.2) is 42.5 Å². The Balaban J connectivity index is 1.49. The average molecular weight is 361 g/mol. The molecule has 1 saturated heterocycles. The highest BCUT2D eigenvalue weighted by molar-refractivity contribution is 5.74. The van der Waals surface area contributed by atoms with Crippen LogP contribution < -0.4 is 15.0 Å². The van der Waals surface area contributed by atoms with Gasteiger partial charge in [-0.05, 0) is 29.8 Å². The van der Waals surface area contributed by atoms with Crippen LogP contribution in [0.1, 0.15) is 5.56 Å². The van der Waals surface area contributed by atoms with Crippen molar-refractivity contribution in [1.82, 2.24) is 10.2 Å². The number of hydrogen-bond donors (Lipinski definition) is 1. The zero-order chi connectivity index (χ0) is 18.5. The monoisotopic (exact) mass is 361 g/mol. The van der Waals surface area contributed by atoms with Crippen LogP contribution in [0.25, 0.3) is 0 Å². The van der Waals surface area contributed by atoms with Gasteiger partial charge in [0.15, 0.2) is 11.6 Å². The average Bonchev–Trinajstić information content (AvgIpc) is 2.69. The molecule has 0 aliphatic carbocycles. The lowest BCUT2D eigenvalue weighted by Gasteiger charge is -2.36. The van der Waals surface area contributed by atoms with Crippen LogP contribution in [0.3, 0.4) is 0 Å². The van der Waals surface area contributed by atoms with Crippen molar-refractivity contribution in [1.29, 1.82) is 0 Å². The number of halogens is 2. The Morgan fingerprint density at radius 3 is 2.35 bits per heavy atom. The van der Waals surface area contributed by atoms with Gasteiger partial charge in [0.05, 0.1) is 7.11 Å². The normalized spacial score (nSPS) is 14.3. The Hall–Kier alpha value is -2.83. The molecule has 7 heteroatoms. The third kappa shape index (κ3) is 4.22. The van der Waals surface area contributed by atoms with Crippen LogP contribution in [0, 0.1) is 11.6 Å². The predicted octanol–water partition coefficient (Wildman–Crippen LogP) is 3.01. The third-order valence-electron chi connectivity index (χ3n) is 4.44. The molecule has 1 fully saturated rings. The van der Waals surface area contributed by atoms with E-state index in [0.29, 0.717) is 38.4 Å². The summed E-state index contributed by atoms with van der Waals surface area (Å²) in [6.45, 7) is 2.62. The third-order valence-corrected chi connectivity index (χ3v) is 4.44. The van der Waals surface area contributed by atoms with Crippen LogP contribution in [0.4, 0.5) is 19.3 Å². The van der Waals surface area contributed by atoms with Crippen molar-refractivity contribution < 1.29 is 18.3 Å². The second-order valence-electron chi connectivity index (χ2n) is 6.08. The topological polar surface area (TPSA) is 44.8 Å². The quantitative estimate of drug-likeness (QED) is 0.911. The minimum Gasteiger partial charge on any atom is -0.497 e. The molecule has 0 saturated carbocycles. The SMILES string of the molecule is COc1ccc(CNC(=O)N2CCN(c3ccc(F)c(F)c3)CC2)cc1. The molecule has 3 rings (SSSR count). The van der Waals surface area contributed by atoms with Gasteiger partial charge in [-0.3, -0.25) is 0 Å². The Labute approximate surface area is 151 Å². The van der Waals surface area contributed by atoms with E-state index in [4.69, 9.17) is 4.74 Å². The van der Waals surface area contributed by atoms with Gasteiger partial charge < -0.3 is 19.9 Å². The Morgan fingerprint density at radius 1 is 1.04 bits per heavy atom. The number of urea groups is 1. The number of methoxy groups -OCH3 is 1. The summed E-state index contributed by atoms with van der Waals surface area (Å²) in [5.41, 5.74) is 1.61. The van der Waals surface area contributed by atoms with Crippen molar-refractivity contribution >= 4 is 11.7 Å². The molecule has 1 aliphatic heterocycles. The molecule has 0 spiro atoms. The summed E-state index contributed by atoms with van der Waals surface area (Å²) in [4.78, 5) is 16.0. The second-order valence-corrected chi connectivity index (χ2v) is 6.08. The lowest BCUT2D eigenvalue weighted by atomic mass is 10.2. The minimum atomic E-state index is -0.859. The molecule has 1 N–H and O–H groups in total. The Bertz CT molecular complexity index is 760. The molecular formula is C19H21F2N3O2. The van der Waals surface area contributed by atoms with E-state index in [2.05, 4.69) is 5.32 Å². The molecule has 0 unspecified atom stereocenters. The number of carbonyl (C=O) groups is 1. The zero-order valence-corrected chi connectivity index (χ0v) is 14.5. The summed E-state index contributed by atoms with van der Waals surface area (Å²) in [6.07, 6.45) is 0. The first kappa shape index (κ1) is 18.0. The molecule has 1 heterocycles. The van der Waals surface area contributed by atoms with E-state index >= 15 is 0 Å². The largest absolute Gasteiger partial charge is 0.497 e. The van der Waals surface area contributed by atoms with Crippen molar-refractivity contribution in [3.8, 4) is 5.75 Å². The first-order valence-corrected chi connectivity index (χ1v) is 8.42. The van der Waals surface area contributed by atoms with E-state index in [-0.39, 0.29) is 6.03 Å². The molecule has 26 heavy (non-hydrogen) atoms. The van der Waals surface area contributed by atoms with Crippen LogP contribution in [-0.4, -0.2) is 44.2 Å². The maximum absolute atomic E-state index is 13.4. The van der Waals surface area contributed by atoms with E-state index in [1.807, 2.05) is 29.2 Å². The highest BCUT2D eigenvalue weighted by Crippen LogP contribution is 2.19. The highest BCUT2D eigenvalue weighted by Gasteiger charge is 2.21. The standard InChI is InChI=1S/C19H21F2N3O2/c1-26-16-5-2-14(3-6-16)13-22-19(25)24-10-8-23(9-11-24)15-4-7-17(20)18(21)12-15/h2-7,12H,8-11,13H2,1H3,(H,22,25). The van der Waals surface area contributed by atoms with Gasteiger partial charge in [0.2, 0.25) is 0 Å². The maximum atomic E-state index is 13.4. The number of nitrogens with zero attached hydrogens (tertiary/aromatic N) is 2. The van der Waals surface area contributed by atoms with Crippen molar-refractivity contribution in [2.24, 2.45) is 0 Å². The molecule has 0 bridgehead atoms. The number of ether oxygens (including phenoxy) is 1. The van der Waals surface area contributed by atoms with E-state index in [9.17, 15) is 13.6 Å². The van der Waals surface area contributed by atoms with Gasteiger partial charge in [-0.2, -0.15) is 0 Å². The van der Waals surface area contributed by atoms with Crippen LogP contribution >= 0.6 is 0 Å². The molecule has 138 valence electrons. The van der Waals surface area contributed by atoms with E-state index in [1.165, 1.54) is 6.07 Å². The number of hydrogen-bond acceptors (Lipinski definition) is 3. The predicted molar refractivity (Wildman–Crippen MR) is 95.4 cm³/mol. The number of benzene rings is 2. The van der Waals surface area contributed by atoms with Gasteiger partial charge in [0.25, 0.3) is 0 Å². The van der Waals surface area contributed by atoms with Crippen molar-refractivity contribution in [2.75, 3.05) is 38.2 Å². The van der Waals surface area contributed by atoms with E-state index in [1.54, 1.807) is 18.1 Å². The number of amides is 2. The molecule has 0 aromatic heterocycles. The first-order chi connectivity index (χ1) is 12.6. The van der Waals surface area contributed by atoms with Crippen molar-refractivity contribution in [3.63, 3.8) is 0 Å². The van der Waals surface area contributed by atoms with Gasteiger partial charge in [-0.1, -0.05) is 12.1 Å². The van der Waals surface area contributed by atoms with Crippen molar-refractivity contribution in [3.05, 3.63) is 59.7 Å². The fraction of sp³-hybridized carbons (Fsp3) is 0.316. The maximum Gasteiger partial charge on any atom is 0.317 e. The van der Waals surface area contributed by atoms with Gasteiger partial charge in [-0.15, -0.1) is 0 Å². The summed E-state index contributed by atoms with van der Waals surface area (Å²) < 4.78 is 31.5. The summed E-state index contributed by atoms with van der Waals surface area (Å²) in [7, 11) is 1.61. The molecule has 1 aliphatic rings. The number of nitrogens with one attached hydrogen (secondary N) is 1. The van der Waals surface area contributed by atoms with E-state index in [0.717, 1.165) is 17.4 Å². The second kappa shape index (κ2) is 8.03. The van der Waals surface area contributed by atoms with Gasteiger partial charge in [0, 0.05) is 44.5 Å². The first-order valence-electron chi connectivity index (χ1n) is 8.42. The Morgan fingerprint density at radius 2 is 1.73 bits per heavy atom. The van der Waals surface area contributed by atoms with Crippen LogP contribution in [-0.2, 0) is 6.54 Å². The number of carbonyl (C=O) groups excluding carboxylic acids is 1. The number of anilines is 1. The minimum absolute atomic E-state index is 0.134. The van der Waals surface area contributed by atoms with Gasteiger partial charge >= 0.3 is 6.03 Å². The summed E-state index contributed by atoms with van der Waals surface area (Å²) in [6, 6.07) is 11.2. The molecular weight excluding hydrogens is 340 g/mol. The van der Waals surface area contributed by atoms with Crippen LogP contribution in [0.2, 0.25) is 0 Å². The molecule has 2 aromatic carbocycles.